The van der Waals surface area contributed by atoms with Crippen molar-refractivity contribution in [2.75, 3.05) is 13.6 Å². The van der Waals surface area contributed by atoms with Gasteiger partial charge >= 0.3 is 5.97 Å². The predicted octanol–water partition coefficient (Wildman–Crippen LogP) is 16.8. The third kappa shape index (κ3) is 200. The number of likely N-dealkylation sites (N-methyl/N-ethyl adjacent to an activating group) is 1. The summed E-state index contributed by atoms with van der Waals surface area (Å²) >= 11 is 1.29. The van der Waals surface area contributed by atoms with Gasteiger partial charge < -0.3 is 10.0 Å². The molecule has 0 saturated heterocycles. The third-order valence-electron chi connectivity index (χ3n) is 2.11. The Morgan fingerprint density at radius 2 is 0.667 bits per heavy atom. The van der Waals surface area contributed by atoms with E-state index in [2.05, 4.69) is 9.88 Å². The summed E-state index contributed by atoms with van der Waals surface area (Å²) in [5.74, 6) is -0.915. The molecule has 2 heterocycles. The van der Waals surface area contributed by atoms with Gasteiger partial charge in [-0.25, -0.2) is 9.78 Å². The molecule has 1 N–H and O–H groups in total. The first-order valence-electron chi connectivity index (χ1n) is 6.78. The average molecular weight is 920 g/mol. The summed E-state index contributed by atoms with van der Waals surface area (Å²) < 4.78 is 304. The van der Waals surface area contributed by atoms with Crippen LogP contribution in [0, 0.1) is 0 Å². The number of hydrogen-bond donors (Lipinski definition) is 1. The van der Waals surface area contributed by atoms with Gasteiger partial charge in [0, 0.05) is 198 Å². The van der Waals surface area contributed by atoms with E-state index in [-0.39, 0.29) is 5.01 Å². The van der Waals surface area contributed by atoms with Crippen molar-refractivity contribution in [1.82, 2.24) is 9.88 Å². The van der Waals surface area contributed by atoms with Crippen molar-refractivity contribution in [3.8, 4) is 0 Å². The lowest BCUT2D eigenvalue weighted by Crippen LogP contribution is -2.25. The summed E-state index contributed by atoms with van der Waals surface area (Å²) in [7, 11) is 2.03. The molecule has 2 rings (SSSR count). The Bertz CT molecular complexity index is 390. The lowest BCUT2D eigenvalue weighted by molar-refractivity contribution is 0.0696. The van der Waals surface area contributed by atoms with Crippen LogP contribution >= 0.6 is 11.3 Å². The van der Waals surface area contributed by atoms with E-state index in [0.717, 1.165) is 30.1 Å². The highest BCUT2D eigenvalue weighted by Gasteiger charge is 2.20. The third-order valence-corrected chi connectivity index (χ3v) is 3.18. The molecular formula is C8H10F38N2O2S. The second kappa shape index (κ2) is 356. The molecule has 336 valence electrons. The maximum atomic E-state index is 10.6. The first kappa shape index (κ1) is 118. The molecule has 0 atom stereocenters. The lowest BCUT2D eigenvalue weighted by Gasteiger charge is -2.20. The van der Waals surface area contributed by atoms with Crippen LogP contribution in [0.3, 0.4) is 0 Å². The normalized spacial score (nSPS) is 6.57. The number of aromatic carboxylic acids is 1. The van der Waals surface area contributed by atoms with Gasteiger partial charge in [0.2, 0.25) is 5.01 Å². The predicted molar refractivity (Wildman–Crippen MR) is 91.2 cm³/mol. The minimum atomic E-state index is -0.915. The number of halogens is 38. The molecule has 1 aliphatic rings. The summed E-state index contributed by atoms with van der Waals surface area (Å²) in [6.45, 7) is 1.80. The molecule has 0 saturated carbocycles. The zero-order chi connectivity index (χ0) is 47.4. The molecule has 0 fully saturated rings. The number of aromatic nitrogens is 1. The van der Waals surface area contributed by atoms with Crippen LogP contribution in [0.2, 0.25) is 0 Å². The van der Waals surface area contributed by atoms with Crippen LogP contribution in [-0.2, 0) is 13.0 Å². The first-order valence-corrected chi connectivity index (χ1v) is 7.60. The van der Waals surface area contributed by atoms with Crippen LogP contribution in [0.4, 0.5) is 174 Å². The maximum Gasteiger partial charge on any atom is 0.365 e. The molecule has 0 amide bonds. The van der Waals surface area contributed by atoms with Gasteiger partial charge in [-0.1, -0.05) is 0 Å². The Hall–Kier alpha value is -3.60. The highest BCUT2D eigenvalue weighted by Crippen LogP contribution is 2.24. The van der Waals surface area contributed by atoms with Gasteiger partial charge in [0.25, 0.3) is 0 Å². The zero-order valence-electron chi connectivity index (χ0n) is 21.6. The summed E-state index contributed by atoms with van der Waals surface area (Å²) in [5.41, 5.74) is 0.973. The van der Waals surface area contributed by atoms with Crippen LogP contribution in [0.25, 0.3) is 0 Å². The van der Waals surface area contributed by atoms with Gasteiger partial charge in [-0.3, -0.25) is 0 Å². The van der Waals surface area contributed by atoms with Crippen molar-refractivity contribution >= 4 is 17.3 Å². The molecule has 0 aromatic carbocycles. The standard InChI is InChI=1S/C8H10N2O2S.19F2/c1-10-3-2-5-6(4-10)13-7(9-5)8(11)12;19*1-2/h2-4H2,1H3,(H,11,12);;;;;;;;;;;;;;;;;;;. The first-order chi connectivity index (χ1) is 25.2. The Labute approximate surface area is 255 Å². The van der Waals surface area contributed by atoms with Crippen LogP contribution in [0.5, 0.6) is 0 Å². The van der Waals surface area contributed by atoms with Crippen LogP contribution < -0.4 is 0 Å². The van der Waals surface area contributed by atoms with Crippen molar-refractivity contribution in [3.05, 3.63) is 15.6 Å². The fourth-order valence-corrected chi connectivity index (χ4v) is 2.44. The van der Waals surface area contributed by atoms with E-state index in [9.17, 15) is 4.79 Å². The minimum Gasteiger partial charge on any atom is -0.476 e. The quantitative estimate of drug-likeness (QED) is 0.285. The van der Waals surface area contributed by atoms with Crippen LogP contribution in [0.15, 0.2) is 0 Å². The van der Waals surface area contributed by atoms with Gasteiger partial charge in [-0.2, -0.15) is 0 Å². The Balaban J connectivity index is -0.0000000156. The van der Waals surface area contributed by atoms with E-state index < -0.39 is 5.97 Å². The zero-order valence-corrected chi connectivity index (χ0v) is 22.5. The SMILES string of the molecule is CN1CCc2nc(C(=O)O)sc2C1.FF.FF.FF.FF.FF.FF.FF.FF.FF.FF.FF.FF.FF.FF.FF.FF.FF.FF.FF. The summed E-state index contributed by atoms with van der Waals surface area (Å²) in [6, 6.07) is 0. The number of hydrogen-bond acceptors (Lipinski definition) is 4. The highest BCUT2D eigenvalue weighted by molar-refractivity contribution is 7.13. The highest BCUT2D eigenvalue weighted by atomic mass is 32.1. The van der Waals surface area contributed by atoms with Crippen molar-refractivity contribution in [1.29, 1.82) is 0 Å². The Morgan fingerprint density at radius 1 is 0.471 bits per heavy atom. The molecule has 43 heteroatoms. The van der Waals surface area contributed by atoms with Crippen LogP contribution in [-0.4, -0.2) is 34.6 Å². The molecular weight excluding hydrogens is 910 g/mol. The van der Waals surface area contributed by atoms with Crippen LogP contribution in [0.1, 0.15) is 20.4 Å². The van der Waals surface area contributed by atoms with Gasteiger partial charge in [0.05, 0.1) is 5.69 Å². The summed E-state index contributed by atoms with van der Waals surface area (Å²) in [6.07, 6.45) is 0.871. The summed E-state index contributed by atoms with van der Waals surface area (Å²) in [4.78, 5) is 18.0. The number of thiazole rings is 1. The second-order valence-corrected chi connectivity index (χ2v) is 4.27. The topological polar surface area (TPSA) is 53.4 Å². The average Bonchev–Trinajstić information content (AvgIpc) is 3.75. The van der Waals surface area contributed by atoms with E-state index >= 15 is 0 Å². The molecule has 1 aromatic heterocycles. The molecule has 0 unspecified atom stereocenters. The Morgan fingerprint density at radius 3 is 0.843 bits per heavy atom. The number of fused-ring (bicyclic) bond motifs is 1. The molecule has 0 bridgehead atoms. The Kier molecular flexibility index (Phi) is 823. The van der Waals surface area contributed by atoms with Gasteiger partial charge in [0.1, 0.15) is 0 Å². The fourth-order valence-electron chi connectivity index (χ4n) is 1.41. The van der Waals surface area contributed by atoms with Crippen molar-refractivity contribution in [2.45, 2.75) is 13.0 Å². The molecule has 4 nitrogen and oxygen atoms in total. The number of carboxylic acid groups (broad SMARTS) is 1. The van der Waals surface area contributed by atoms with E-state index in [0.29, 0.717) is 0 Å². The number of carbonyl (C=O) groups is 1. The van der Waals surface area contributed by atoms with Gasteiger partial charge in [0.15, 0.2) is 0 Å². The van der Waals surface area contributed by atoms with E-state index in [4.69, 9.17) is 179 Å². The van der Waals surface area contributed by atoms with Crippen molar-refractivity contribution in [3.63, 3.8) is 0 Å². The maximum absolute atomic E-state index is 10.6. The van der Waals surface area contributed by atoms with E-state index in [1.165, 1.54) is 11.3 Å². The molecule has 1 aliphatic heterocycles. The minimum absolute atomic E-state index is 0.223. The smallest absolute Gasteiger partial charge is 0.365 e. The second-order valence-electron chi connectivity index (χ2n) is 3.18. The number of carboxylic acids is 1. The molecule has 0 aliphatic carbocycles. The fraction of sp³-hybridized carbons (Fsp3) is 0.500. The van der Waals surface area contributed by atoms with Crippen molar-refractivity contribution in [2.24, 2.45) is 0 Å². The number of rotatable bonds is 1. The molecule has 0 radical (unpaired) electrons. The lowest BCUT2D eigenvalue weighted by atomic mass is 10.2. The van der Waals surface area contributed by atoms with E-state index in [1.54, 1.807) is 0 Å². The monoisotopic (exact) mass is 920 g/mol. The van der Waals surface area contributed by atoms with Crippen molar-refractivity contribution < 1.29 is 184 Å². The van der Waals surface area contributed by atoms with Gasteiger partial charge in [-0.05, 0) is 7.05 Å². The molecule has 1 aromatic rings. The van der Waals surface area contributed by atoms with Gasteiger partial charge in [-0.15, -0.1) is 11.3 Å². The molecule has 51 heavy (non-hydrogen) atoms. The molecule has 0 spiro atoms. The van der Waals surface area contributed by atoms with E-state index in [1.807, 2.05) is 7.05 Å². The largest absolute Gasteiger partial charge is 0.476 e. The number of nitrogens with zero attached hydrogens (tertiary/aromatic N) is 2. The summed E-state index contributed by atoms with van der Waals surface area (Å²) in [5, 5.41) is 8.96.